The molecule has 1 aromatic rings. The monoisotopic (exact) mass is 204 g/mol. The summed E-state index contributed by atoms with van der Waals surface area (Å²) in [5.74, 6) is 2.21. The maximum Gasteiger partial charge on any atom is 0.160 e. The molecule has 2 bridgehead atoms. The van der Waals surface area contributed by atoms with Crippen molar-refractivity contribution in [1.29, 1.82) is 0 Å². The van der Waals surface area contributed by atoms with E-state index in [9.17, 15) is 10.2 Å². The van der Waals surface area contributed by atoms with Gasteiger partial charge in [-0.15, -0.1) is 0 Å². The zero-order valence-electron chi connectivity index (χ0n) is 8.69. The van der Waals surface area contributed by atoms with Gasteiger partial charge in [-0.1, -0.05) is 18.6 Å². The lowest BCUT2D eigenvalue weighted by Crippen LogP contribution is -2.08. The summed E-state index contributed by atoms with van der Waals surface area (Å²) in [5.41, 5.74) is 0.960. The van der Waals surface area contributed by atoms with E-state index in [0.717, 1.165) is 17.4 Å². The molecule has 0 radical (unpaired) electrons. The number of fused-ring (bicyclic) bond motifs is 2. The topological polar surface area (TPSA) is 40.5 Å². The highest BCUT2D eigenvalue weighted by atomic mass is 16.3. The van der Waals surface area contributed by atoms with Gasteiger partial charge in [0, 0.05) is 5.56 Å². The Morgan fingerprint density at radius 1 is 1.07 bits per heavy atom. The number of para-hydroxylation sites is 1. The van der Waals surface area contributed by atoms with Crippen LogP contribution in [0.1, 0.15) is 37.2 Å². The van der Waals surface area contributed by atoms with E-state index < -0.39 is 0 Å². The van der Waals surface area contributed by atoms with Crippen LogP contribution in [0.3, 0.4) is 0 Å². The summed E-state index contributed by atoms with van der Waals surface area (Å²) in [5, 5.41) is 19.3. The average molecular weight is 204 g/mol. The van der Waals surface area contributed by atoms with Crippen molar-refractivity contribution >= 4 is 0 Å². The van der Waals surface area contributed by atoms with E-state index >= 15 is 0 Å². The second kappa shape index (κ2) is 3.16. The molecule has 2 aliphatic carbocycles. The van der Waals surface area contributed by atoms with E-state index in [-0.39, 0.29) is 11.5 Å². The van der Waals surface area contributed by atoms with Crippen LogP contribution in [0.5, 0.6) is 11.5 Å². The molecule has 1 aromatic carbocycles. The van der Waals surface area contributed by atoms with Crippen LogP contribution < -0.4 is 0 Å². The zero-order valence-corrected chi connectivity index (χ0v) is 8.69. The molecule has 2 saturated carbocycles. The molecule has 0 aromatic heterocycles. The lowest BCUT2D eigenvalue weighted by Gasteiger charge is -2.22. The van der Waals surface area contributed by atoms with E-state index in [1.165, 1.54) is 25.7 Å². The van der Waals surface area contributed by atoms with Gasteiger partial charge in [0.15, 0.2) is 11.5 Å². The van der Waals surface area contributed by atoms with E-state index in [0.29, 0.717) is 5.92 Å². The third-order valence-corrected chi connectivity index (χ3v) is 4.18. The number of phenolic OH excluding ortho intramolecular Hbond substituents is 2. The van der Waals surface area contributed by atoms with Gasteiger partial charge in [-0.2, -0.15) is 0 Å². The van der Waals surface area contributed by atoms with E-state index in [1.807, 2.05) is 12.1 Å². The third kappa shape index (κ3) is 1.31. The van der Waals surface area contributed by atoms with Gasteiger partial charge in [0.05, 0.1) is 0 Å². The van der Waals surface area contributed by atoms with E-state index in [1.54, 1.807) is 6.07 Å². The van der Waals surface area contributed by atoms with Crippen LogP contribution in [0.15, 0.2) is 18.2 Å². The van der Waals surface area contributed by atoms with Crippen molar-refractivity contribution < 1.29 is 10.2 Å². The molecule has 0 aliphatic heterocycles. The molecule has 2 N–H and O–H groups in total. The third-order valence-electron chi connectivity index (χ3n) is 4.18. The lowest BCUT2D eigenvalue weighted by molar-refractivity contribution is 0.373. The molecule has 2 fully saturated rings. The zero-order chi connectivity index (χ0) is 10.4. The Morgan fingerprint density at radius 3 is 2.60 bits per heavy atom. The van der Waals surface area contributed by atoms with Crippen LogP contribution in [0.2, 0.25) is 0 Å². The van der Waals surface area contributed by atoms with Gasteiger partial charge in [0.1, 0.15) is 0 Å². The molecule has 0 spiro atoms. The molecule has 15 heavy (non-hydrogen) atoms. The predicted molar refractivity (Wildman–Crippen MR) is 58.0 cm³/mol. The maximum atomic E-state index is 9.84. The Labute approximate surface area is 89.6 Å². The molecular formula is C13H16O2. The minimum Gasteiger partial charge on any atom is -0.504 e. The van der Waals surface area contributed by atoms with Gasteiger partial charge in [0.25, 0.3) is 0 Å². The van der Waals surface area contributed by atoms with Crippen molar-refractivity contribution in [3.63, 3.8) is 0 Å². The molecule has 2 heteroatoms. The number of aromatic hydroxyl groups is 2. The molecular weight excluding hydrogens is 188 g/mol. The first-order valence-corrected chi connectivity index (χ1v) is 5.76. The summed E-state index contributed by atoms with van der Waals surface area (Å²) < 4.78 is 0. The van der Waals surface area contributed by atoms with Crippen molar-refractivity contribution in [2.75, 3.05) is 0 Å². The van der Waals surface area contributed by atoms with Crippen molar-refractivity contribution in [2.45, 2.75) is 31.6 Å². The molecule has 3 atom stereocenters. The van der Waals surface area contributed by atoms with Crippen LogP contribution in [-0.4, -0.2) is 10.2 Å². The quantitative estimate of drug-likeness (QED) is 0.690. The summed E-state index contributed by atoms with van der Waals surface area (Å²) in [6, 6.07) is 5.34. The van der Waals surface area contributed by atoms with Gasteiger partial charge in [-0.05, 0) is 43.1 Å². The van der Waals surface area contributed by atoms with E-state index in [4.69, 9.17) is 0 Å². The second-order valence-electron chi connectivity index (χ2n) is 5.00. The maximum absolute atomic E-state index is 9.84. The van der Waals surface area contributed by atoms with Crippen LogP contribution in [-0.2, 0) is 0 Å². The number of rotatable bonds is 1. The fourth-order valence-corrected chi connectivity index (χ4v) is 3.47. The highest BCUT2D eigenvalue weighted by Gasteiger charge is 2.41. The van der Waals surface area contributed by atoms with Crippen LogP contribution in [0, 0.1) is 11.8 Å². The standard InChI is InChI=1S/C13H16O2/c14-12-3-1-2-10(13(12)15)11-7-8-4-5-9(11)6-8/h1-3,8-9,11,14-15H,4-7H2/t8-,9-,11+/m0/s1. The highest BCUT2D eigenvalue weighted by molar-refractivity contribution is 5.46. The summed E-state index contributed by atoms with van der Waals surface area (Å²) in [7, 11) is 0. The Kier molecular flexibility index (Phi) is 1.91. The van der Waals surface area contributed by atoms with Gasteiger partial charge in [0.2, 0.25) is 0 Å². The largest absolute Gasteiger partial charge is 0.504 e. The molecule has 0 saturated heterocycles. The Morgan fingerprint density at radius 2 is 1.93 bits per heavy atom. The van der Waals surface area contributed by atoms with Gasteiger partial charge in [-0.25, -0.2) is 0 Å². The van der Waals surface area contributed by atoms with E-state index in [2.05, 4.69) is 0 Å². The van der Waals surface area contributed by atoms with Crippen LogP contribution >= 0.6 is 0 Å². The van der Waals surface area contributed by atoms with Gasteiger partial charge < -0.3 is 10.2 Å². The summed E-state index contributed by atoms with van der Waals surface area (Å²) >= 11 is 0. The number of benzene rings is 1. The van der Waals surface area contributed by atoms with Crippen molar-refractivity contribution in [2.24, 2.45) is 11.8 Å². The normalized spacial score (nSPS) is 33.5. The summed E-state index contributed by atoms with van der Waals surface area (Å²) in [6.07, 6.45) is 5.17. The number of hydrogen-bond acceptors (Lipinski definition) is 2. The van der Waals surface area contributed by atoms with Crippen LogP contribution in [0.4, 0.5) is 0 Å². The lowest BCUT2D eigenvalue weighted by atomic mass is 9.83. The first-order valence-electron chi connectivity index (χ1n) is 5.76. The van der Waals surface area contributed by atoms with Crippen LogP contribution in [0.25, 0.3) is 0 Å². The fraction of sp³-hybridized carbons (Fsp3) is 0.538. The smallest absolute Gasteiger partial charge is 0.160 e. The molecule has 80 valence electrons. The second-order valence-corrected chi connectivity index (χ2v) is 5.00. The van der Waals surface area contributed by atoms with Crippen molar-refractivity contribution in [3.05, 3.63) is 23.8 Å². The first-order chi connectivity index (χ1) is 7.25. The SMILES string of the molecule is Oc1cccc([C@@H]2C[C@H]3CC[C@H]2C3)c1O. The number of phenols is 2. The van der Waals surface area contributed by atoms with Crippen molar-refractivity contribution in [1.82, 2.24) is 0 Å². The molecule has 0 unspecified atom stereocenters. The predicted octanol–water partition coefficient (Wildman–Crippen LogP) is 3.00. The van der Waals surface area contributed by atoms with Crippen molar-refractivity contribution in [3.8, 4) is 11.5 Å². The molecule has 2 aliphatic rings. The Bertz CT molecular complexity index is 386. The molecule has 0 heterocycles. The fourth-order valence-electron chi connectivity index (χ4n) is 3.47. The van der Waals surface area contributed by atoms with Gasteiger partial charge >= 0.3 is 0 Å². The molecule has 0 amide bonds. The summed E-state index contributed by atoms with van der Waals surface area (Å²) in [4.78, 5) is 0. The highest BCUT2D eigenvalue weighted by Crippen LogP contribution is 2.54. The first kappa shape index (κ1) is 9.08. The molecule has 3 rings (SSSR count). The summed E-state index contributed by atoms with van der Waals surface area (Å²) in [6.45, 7) is 0. The minimum absolute atomic E-state index is 0.0234. The molecule has 2 nitrogen and oxygen atoms in total. The Balaban J connectivity index is 1.96. The number of hydrogen-bond donors (Lipinski definition) is 2. The van der Waals surface area contributed by atoms with Gasteiger partial charge in [-0.3, -0.25) is 0 Å². The minimum atomic E-state index is 0.0234. The Hall–Kier alpha value is -1.18. The average Bonchev–Trinajstić information content (AvgIpc) is 2.83.